The maximum atomic E-state index is 10.6. The molecule has 0 aromatic heterocycles. The van der Waals surface area contributed by atoms with E-state index in [9.17, 15) is 15.2 Å². The van der Waals surface area contributed by atoms with Crippen LogP contribution < -0.4 is 5.32 Å². The van der Waals surface area contributed by atoms with Gasteiger partial charge >= 0.3 is 0 Å². The first kappa shape index (κ1) is 10.3. The van der Waals surface area contributed by atoms with Crippen LogP contribution in [-0.4, -0.2) is 16.1 Å². The number of phenolic OH excluding ortho intramolecular Hbond substituents is 1. The molecule has 14 heavy (non-hydrogen) atoms. The quantitative estimate of drug-likeness (QED) is 0.441. The molecular formula is C9H12N2O3. The van der Waals surface area contributed by atoms with Crippen LogP contribution in [0.15, 0.2) is 18.2 Å². The maximum Gasteiger partial charge on any atom is 0.296 e. The number of nitrogens with zero attached hydrogens (tertiary/aromatic N) is 1. The van der Waals surface area contributed by atoms with E-state index in [1.807, 2.05) is 13.8 Å². The van der Waals surface area contributed by atoms with Gasteiger partial charge < -0.3 is 10.4 Å². The Kier molecular flexibility index (Phi) is 2.91. The highest BCUT2D eigenvalue weighted by Gasteiger charge is 2.17. The van der Waals surface area contributed by atoms with Gasteiger partial charge in [0.25, 0.3) is 5.69 Å². The van der Waals surface area contributed by atoms with Crippen LogP contribution in [0, 0.1) is 10.1 Å². The molecule has 0 atom stereocenters. The standard InChI is InChI=1S/C9H12N2O3/c1-6(2)10-9-7(11(13)14)4-3-5-8(9)12/h3-6,10,12H,1-2H3. The van der Waals surface area contributed by atoms with Crippen molar-refractivity contribution in [3.8, 4) is 5.75 Å². The Balaban J connectivity index is 3.15. The molecule has 0 aliphatic carbocycles. The Morgan fingerprint density at radius 2 is 2.14 bits per heavy atom. The summed E-state index contributed by atoms with van der Waals surface area (Å²) >= 11 is 0. The monoisotopic (exact) mass is 196 g/mol. The van der Waals surface area contributed by atoms with Gasteiger partial charge in [0, 0.05) is 12.1 Å². The lowest BCUT2D eigenvalue weighted by molar-refractivity contribution is -0.384. The highest BCUT2D eigenvalue weighted by Crippen LogP contribution is 2.33. The van der Waals surface area contributed by atoms with E-state index in [-0.39, 0.29) is 23.2 Å². The van der Waals surface area contributed by atoms with Crippen molar-refractivity contribution in [3.63, 3.8) is 0 Å². The number of nitro benzene ring substituents is 1. The van der Waals surface area contributed by atoms with E-state index in [0.29, 0.717) is 0 Å². The van der Waals surface area contributed by atoms with Crippen molar-refractivity contribution in [1.29, 1.82) is 0 Å². The molecule has 1 aromatic carbocycles. The second-order valence-corrected chi connectivity index (χ2v) is 3.23. The Morgan fingerprint density at radius 3 is 2.64 bits per heavy atom. The van der Waals surface area contributed by atoms with Crippen LogP contribution in [0.5, 0.6) is 5.75 Å². The SMILES string of the molecule is CC(C)Nc1c(O)cccc1[N+](=O)[O-]. The average Bonchev–Trinajstić information content (AvgIpc) is 2.07. The second kappa shape index (κ2) is 3.95. The molecule has 5 heteroatoms. The van der Waals surface area contributed by atoms with Gasteiger partial charge in [-0.3, -0.25) is 10.1 Å². The van der Waals surface area contributed by atoms with Crippen LogP contribution in [0.2, 0.25) is 0 Å². The Hall–Kier alpha value is -1.78. The van der Waals surface area contributed by atoms with E-state index in [2.05, 4.69) is 5.32 Å². The molecule has 0 heterocycles. The minimum atomic E-state index is -0.523. The molecule has 76 valence electrons. The van der Waals surface area contributed by atoms with E-state index < -0.39 is 4.92 Å². The van der Waals surface area contributed by atoms with Gasteiger partial charge in [0.1, 0.15) is 5.75 Å². The fourth-order valence-electron chi connectivity index (χ4n) is 1.12. The van der Waals surface area contributed by atoms with Crippen LogP contribution in [0.3, 0.4) is 0 Å². The molecule has 0 unspecified atom stereocenters. The van der Waals surface area contributed by atoms with Gasteiger partial charge in [0.05, 0.1) is 4.92 Å². The number of phenols is 1. The zero-order valence-corrected chi connectivity index (χ0v) is 8.02. The number of hydrogen-bond acceptors (Lipinski definition) is 4. The van der Waals surface area contributed by atoms with Crippen LogP contribution in [-0.2, 0) is 0 Å². The van der Waals surface area contributed by atoms with Crippen molar-refractivity contribution in [1.82, 2.24) is 0 Å². The number of aromatic hydroxyl groups is 1. The highest BCUT2D eigenvalue weighted by atomic mass is 16.6. The summed E-state index contributed by atoms with van der Waals surface area (Å²) in [6, 6.07) is 4.24. The lowest BCUT2D eigenvalue weighted by Crippen LogP contribution is -2.11. The van der Waals surface area contributed by atoms with Crippen molar-refractivity contribution in [2.45, 2.75) is 19.9 Å². The van der Waals surface area contributed by atoms with Crippen molar-refractivity contribution in [2.75, 3.05) is 5.32 Å². The number of nitro groups is 1. The van der Waals surface area contributed by atoms with Crippen LogP contribution in [0.4, 0.5) is 11.4 Å². The zero-order valence-electron chi connectivity index (χ0n) is 8.02. The largest absolute Gasteiger partial charge is 0.506 e. The predicted molar refractivity (Wildman–Crippen MR) is 53.5 cm³/mol. The molecule has 0 bridgehead atoms. The second-order valence-electron chi connectivity index (χ2n) is 3.23. The van der Waals surface area contributed by atoms with Gasteiger partial charge in [0.15, 0.2) is 5.69 Å². The first-order valence-electron chi connectivity index (χ1n) is 4.25. The van der Waals surface area contributed by atoms with Crippen molar-refractivity contribution in [3.05, 3.63) is 28.3 Å². The lowest BCUT2D eigenvalue weighted by atomic mass is 10.2. The van der Waals surface area contributed by atoms with Crippen LogP contribution in [0.1, 0.15) is 13.8 Å². The average molecular weight is 196 g/mol. The topological polar surface area (TPSA) is 75.4 Å². The summed E-state index contributed by atoms with van der Waals surface area (Å²) in [5.41, 5.74) is 0.0613. The minimum absolute atomic E-state index is 0.0296. The smallest absolute Gasteiger partial charge is 0.296 e. The van der Waals surface area contributed by atoms with E-state index >= 15 is 0 Å². The summed E-state index contributed by atoms with van der Waals surface area (Å²) < 4.78 is 0. The van der Waals surface area contributed by atoms with Gasteiger partial charge in [-0.2, -0.15) is 0 Å². The Morgan fingerprint density at radius 1 is 1.50 bits per heavy atom. The molecule has 0 amide bonds. The Bertz CT molecular complexity index is 350. The molecule has 1 aromatic rings. The molecule has 5 nitrogen and oxygen atoms in total. The molecule has 0 fully saturated rings. The molecule has 0 radical (unpaired) electrons. The number of nitrogens with one attached hydrogen (secondary N) is 1. The first-order chi connectivity index (χ1) is 6.52. The van der Waals surface area contributed by atoms with Gasteiger partial charge in [-0.05, 0) is 19.9 Å². The first-order valence-corrected chi connectivity index (χ1v) is 4.25. The van der Waals surface area contributed by atoms with Gasteiger partial charge in [0.2, 0.25) is 0 Å². The Labute approximate surface area is 81.5 Å². The van der Waals surface area contributed by atoms with Gasteiger partial charge in [-0.15, -0.1) is 0 Å². The van der Waals surface area contributed by atoms with Crippen molar-refractivity contribution >= 4 is 11.4 Å². The van der Waals surface area contributed by atoms with Crippen LogP contribution >= 0.6 is 0 Å². The fourth-order valence-corrected chi connectivity index (χ4v) is 1.12. The summed E-state index contributed by atoms with van der Waals surface area (Å²) in [5, 5.41) is 22.9. The predicted octanol–water partition coefficient (Wildman–Crippen LogP) is 2.12. The van der Waals surface area contributed by atoms with Crippen molar-refractivity contribution < 1.29 is 10.0 Å². The summed E-state index contributed by atoms with van der Waals surface area (Å²) in [7, 11) is 0. The third-order valence-corrected chi connectivity index (χ3v) is 1.65. The third-order valence-electron chi connectivity index (χ3n) is 1.65. The van der Waals surface area contributed by atoms with Crippen LogP contribution in [0.25, 0.3) is 0 Å². The van der Waals surface area contributed by atoms with Crippen molar-refractivity contribution in [2.24, 2.45) is 0 Å². The maximum absolute atomic E-state index is 10.6. The van der Waals surface area contributed by atoms with E-state index in [0.717, 1.165) is 0 Å². The number of anilines is 1. The number of benzene rings is 1. The van der Waals surface area contributed by atoms with Gasteiger partial charge in [-0.25, -0.2) is 0 Å². The number of hydrogen-bond donors (Lipinski definition) is 2. The molecule has 0 spiro atoms. The summed E-state index contributed by atoms with van der Waals surface area (Å²) in [5.74, 6) is -0.104. The molecule has 1 rings (SSSR count). The highest BCUT2D eigenvalue weighted by molar-refractivity contribution is 5.69. The number of para-hydroxylation sites is 1. The molecule has 0 aliphatic rings. The lowest BCUT2D eigenvalue weighted by Gasteiger charge is -2.11. The molecule has 0 saturated heterocycles. The van der Waals surface area contributed by atoms with E-state index in [4.69, 9.17) is 0 Å². The summed E-state index contributed by atoms with van der Waals surface area (Å²) in [6.07, 6.45) is 0. The molecule has 0 aliphatic heterocycles. The third kappa shape index (κ3) is 2.12. The minimum Gasteiger partial charge on any atom is -0.506 e. The van der Waals surface area contributed by atoms with E-state index in [1.54, 1.807) is 0 Å². The summed E-state index contributed by atoms with van der Waals surface area (Å²) in [4.78, 5) is 10.1. The molecular weight excluding hydrogens is 184 g/mol. The number of rotatable bonds is 3. The molecule has 2 N–H and O–H groups in total. The van der Waals surface area contributed by atoms with Gasteiger partial charge in [-0.1, -0.05) is 6.07 Å². The van der Waals surface area contributed by atoms with E-state index in [1.165, 1.54) is 18.2 Å². The fraction of sp³-hybridized carbons (Fsp3) is 0.333. The molecule has 0 saturated carbocycles. The summed E-state index contributed by atoms with van der Waals surface area (Å²) in [6.45, 7) is 3.69. The normalized spacial score (nSPS) is 10.2. The zero-order chi connectivity index (χ0) is 10.7.